The van der Waals surface area contributed by atoms with Gasteiger partial charge in [-0.2, -0.15) is 0 Å². The Morgan fingerprint density at radius 1 is 0.897 bits per heavy atom. The van der Waals surface area contributed by atoms with E-state index in [1.165, 1.54) is 24.8 Å². The Bertz CT molecular complexity index is 1090. The first-order valence-corrected chi connectivity index (χ1v) is 16.1. The van der Waals surface area contributed by atoms with E-state index < -0.39 is 5.41 Å². The van der Waals surface area contributed by atoms with Crippen molar-refractivity contribution in [2.45, 2.75) is 112 Å². The predicted octanol–water partition coefficient (Wildman–Crippen LogP) is 6.19. The van der Waals surface area contributed by atoms with Crippen molar-refractivity contribution in [1.29, 1.82) is 0 Å². The van der Waals surface area contributed by atoms with Crippen LogP contribution in [0.15, 0.2) is 11.1 Å². The van der Waals surface area contributed by atoms with Crippen LogP contribution in [0.2, 0.25) is 0 Å². The summed E-state index contributed by atoms with van der Waals surface area (Å²) in [5.74, 6) is 2.03. The lowest BCUT2D eigenvalue weighted by molar-refractivity contribution is -0.228. The van der Waals surface area contributed by atoms with E-state index in [9.17, 15) is 14.7 Å². The van der Waals surface area contributed by atoms with Crippen LogP contribution in [-0.4, -0.2) is 54.1 Å². The lowest BCUT2D eigenvalue weighted by Gasteiger charge is -2.72. The molecule has 5 nitrogen and oxygen atoms in total. The van der Waals surface area contributed by atoms with E-state index in [1.54, 1.807) is 0 Å². The van der Waals surface area contributed by atoms with Crippen molar-refractivity contribution in [3.05, 3.63) is 11.1 Å². The topological polar surface area (TPSA) is 66.8 Å². The van der Waals surface area contributed by atoms with Gasteiger partial charge in [0.05, 0.1) is 24.7 Å². The minimum atomic E-state index is -0.639. The highest BCUT2D eigenvalue weighted by Crippen LogP contribution is 2.76. The second kappa shape index (κ2) is 8.90. The predicted molar refractivity (Wildman–Crippen MR) is 153 cm³/mol. The summed E-state index contributed by atoms with van der Waals surface area (Å²) in [4.78, 5) is 30.2. The second-order valence-electron chi connectivity index (χ2n) is 16.1. The molecule has 0 radical (unpaired) electrons. The first-order chi connectivity index (χ1) is 18.2. The minimum absolute atomic E-state index is 0.0520. The maximum atomic E-state index is 14.4. The molecule has 1 saturated heterocycles. The lowest BCUT2D eigenvalue weighted by atomic mass is 9.33. The first-order valence-electron chi connectivity index (χ1n) is 16.1. The van der Waals surface area contributed by atoms with Crippen molar-refractivity contribution >= 4 is 11.7 Å². The summed E-state index contributed by atoms with van der Waals surface area (Å²) in [7, 11) is 0. The number of rotatable bonds is 2. The third kappa shape index (κ3) is 3.50. The highest BCUT2D eigenvalue weighted by molar-refractivity contribution is 6.07. The molecule has 5 fully saturated rings. The Morgan fingerprint density at radius 2 is 1.59 bits per heavy atom. The quantitative estimate of drug-likeness (QED) is 0.455. The van der Waals surface area contributed by atoms with E-state index >= 15 is 0 Å². The standard InChI is InChI=1S/C34H53NO4/c1-21(2)27-23(36)20-34(29(38)35-16-18-39-19-17-35)15-14-32(6)22(28(27)34)8-9-25-31(5)12-11-26(37)30(3,4)24(31)10-13-33(25,32)7/h21-22,24-26,37H,8-20H2,1-7H3/t22?,24?,25?,26-,31-,32+,33+,34+/m0/s1. The third-order valence-electron chi connectivity index (χ3n) is 14.1. The average Bonchev–Trinajstić information content (AvgIpc) is 3.20. The summed E-state index contributed by atoms with van der Waals surface area (Å²) in [6.45, 7) is 19.1. The molecule has 1 aliphatic heterocycles. The van der Waals surface area contributed by atoms with E-state index in [1.807, 2.05) is 4.90 Å². The monoisotopic (exact) mass is 539 g/mol. The van der Waals surface area contributed by atoms with Crippen LogP contribution in [0, 0.1) is 50.7 Å². The molecule has 8 atom stereocenters. The zero-order valence-corrected chi connectivity index (χ0v) is 25.7. The van der Waals surface area contributed by atoms with Gasteiger partial charge in [-0.05, 0) is 108 Å². The van der Waals surface area contributed by atoms with Crippen molar-refractivity contribution in [2.24, 2.45) is 50.7 Å². The van der Waals surface area contributed by atoms with Gasteiger partial charge in [-0.1, -0.05) is 48.5 Å². The summed E-state index contributed by atoms with van der Waals surface area (Å²) in [6.07, 6.45) is 8.62. The van der Waals surface area contributed by atoms with Gasteiger partial charge in [0.25, 0.3) is 0 Å². The van der Waals surface area contributed by atoms with Gasteiger partial charge in [0.2, 0.25) is 5.91 Å². The van der Waals surface area contributed by atoms with E-state index in [4.69, 9.17) is 4.74 Å². The smallest absolute Gasteiger partial charge is 0.233 e. The summed E-state index contributed by atoms with van der Waals surface area (Å²) < 4.78 is 5.59. The molecule has 1 N–H and O–H groups in total. The summed E-state index contributed by atoms with van der Waals surface area (Å²) in [5.41, 5.74) is 2.02. The fraction of sp³-hybridized carbons (Fsp3) is 0.882. The third-order valence-corrected chi connectivity index (χ3v) is 14.1. The number of carbonyl (C=O) groups is 2. The summed E-state index contributed by atoms with van der Waals surface area (Å²) in [5, 5.41) is 11.0. The Morgan fingerprint density at radius 3 is 2.26 bits per heavy atom. The van der Waals surface area contributed by atoms with Gasteiger partial charge < -0.3 is 14.7 Å². The van der Waals surface area contributed by atoms with Crippen LogP contribution in [0.5, 0.6) is 0 Å². The molecule has 0 aromatic heterocycles. The van der Waals surface area contributed by atoms with Gasteiger partial charge in [0.15, 0.2) is 5.78 Å². The van der Waals surface area contributed by atoms with Crippen LogP contribution in [0.3, 0.4) is 0 Å². The van der Waals surface area contributed by atoms with E-state index in [-0.39, 0.29) is 45.4 Å². The number of nitrogens with zero attached hydrogens (tertiary/aromatic N) is 1. The number of aliphatic hydroxyl groups is 1. The molecule has 0 bridgehead atoms. The molecule has 3 unspecified atom stereocenters. The van der Waals surface area contributed by atoms with Crippen molar-refractivity contribution in [1.82, 2.24) is 4.90 Å². The van der Waals surface area contributed by atoms with Gasteiger partial charge >= 0.3 is 0 Å². The largest absolute Gasteiger partial charge is 0.393 e. The second-order valence-corrected chi connectivity index (χ2v) is 16.1. The van der Waals surface area contributed by atoms with E-state index in [2.05, 4.69) is 48.5 Å². The normalized spacial score (nSPS) is 47.4. The number of allylic oxidation sites excluding steroid dienone is 1. The van der Waals surface area contributed by atoms with E-state index in [0.29, 0.717) is 50.5 Å². The molecule has 0 spiro atoms. The van der Waals surface area contributed by atoms with Crippen LogP contribution in [0.1, 0.15) is 106 Å². The summed E-state index contributed by atoms with van der Waals surface area (Å²) >= 11 is 0. The Kier molecular flexibility index (Phi) is 6.38. The lowest BCUT2D eigenvalue weighted by Crippen LogP contribution is -2.66. The molecule has 0 aromatic carbocycles. The molecule has 0 aromatic rings. The van der Waals surface area contributed by atoms with Gasteiger partial charge in [0, 0.05) is 19.5 Å². The van der Waals surface area contributed by atoms with Crippen molar-refractivity contribution in [3.8, 4) is 0 Å². The zero-order valence-electron chi connectivity index (χ0n) is 25.7. The molecule has 5 heteroatoms. The Hall–Kier alpha value is -1.20. The average molecular weight is 540 g/mol. The highest BCUT2D eigenvalue weighted by Gasteiger charge is 2.71. The molecule has 6 aliphatic rings. The number of hydrogen-bond donors (Lipinski definition) is 1. The van der Waals surface area contributed by atoms with Gasteiger partial charge in [-0.25, -0.2) is 0 Å². The number of hydrogen-bond acceptors (Lipinski definition) is 4. The minimum Gasteiger partial charge on any atom is -0.393 e. The first kappa shape index (κ1) is 27.9. The van der Waals surface area contributed by atoms with Gasteiger partial charge in [0.1, 0.15) is 0 Å². The molecule has 218 valence electrons. The van der Waals surface area contributed by atoms with Crippen LogP contribution in [-0.2, 0) is 14.3 Å². The summed E-state index contributed by atoms with van der Waals surface area (Å²) in [6, 6.07) is 0. The molecule has 4 saturated carbocycles. The maximum absolute atomic E-state index is 14.4. The number of aliphatic hydroxyl groups excluding tert-OH is 1. The molecule has 6 rings (SSSR count). The number of ketones is 1. The van der Waals surface area contributed by atoms with Gasteiger partial charge in [-0.15, -0.1) is 0 Å². The molecule has 39 heavy (non-hydrogen) atoms. The van der Waals surface area contributed by atoms with Crippen LogP contribution in [0.25, 0.3) is 0 Å². The van der Waals surface area contributed by atoms with Crippen LogP contribution >= 0.6 is 0 Å². The highest BCUT2D eigenvalue weighted by atomic mass is 16.5. The molecule has 1 heterocycles. The number of morpholine rings is 1. The molecule has 1 amide bonds. The Balaban J connectivity index is 1.43. The number of ether oxygens (including phenoxy) is 1. The number of amides is 1. The molecule has 5 aliphatic carbocycles. The zero-order chi connectivity index (χ0) is 28.2. The maximum Gasteiger partial charge on any atom is 0.233 e. The van der Waals surface area contributed by atoms with E-state index in [0.717, 1.165) is 37.7 Å². The van der Waals surface area contributed by atoms with Crippen LogP contribution < -0.4 is 0 Å². The Labute approximate surface area is 236 Å². The van der Waals surface area contributed by atoms with Crippen molar-refractivity contribution in [3.63, 3.8) is 0 Å². The fourth-order valence-corrected chi connectivity index (χ4v) is 11.9. The fourth-order valence-electron chi connectivity index (χ4n) is 11.9. The molecular formula is C34H53NO4. The number of fused-ring (bicyclic) bond motifs is 7. The number of carbonyl (C=O) groups excluding carboxylic acids is 2. The van der Waals surface area contributed by atoms with Crippen LogP contribution in [0.4, 0.5) is 0 Å². The SMILES string of the molecule is CC(C)C1=C2C3CCC4[C@@]5(C)CC[C@H](O)C(C)(C)C5CC[C@@]4(C)[C@]3(C)CC[C@@]2(C(=O)N2CCOCC2)CC1=O. The number of Topliss-reactive ketones (excluding diaryl/α,β-unsaturated/α-hetero) is 1. The van der Waals surface area contributed by atoms with Gasteiger partial charge in [-0.3, -0.25) is 9.59 Å². The van der Waals surface area contributed by atoms with Crippen molar-refractivity contribution in [2.75, 3.05) is 26.3 Å². The molecular weight excluding hydrogens is 486 g/mol. The van der Waals surface area contributed by atoms with Crippen molar-refractivity contribution < 1.29 is 19.4 Å².